The van der Waals surface area contributed by atoms with Crippen molar-refractivity contribution in [2.24, 2.45) is 5.41 Å². The molecule has 1 atom stereocenters. The van der Waals surface area contributed by atoms with Crippen LogP contribution in [0.15, 0.2) is 24.3 Å². The molecule has 0 saturated heterocycles. The Kier molecular flexibility index (Phi) is 5.74. The van der Waals surface area contributed by atoms with E-state index in [2.05, 4.69) is 10.6 Å². The Labute approximate surface area is 149 Å². The van der Waals surface area contributed by atoms with Crippen LogP contribution in [0.4, 0.5) is 5.69 Å². The number of nitrogens with one attached hydrogen (secondary N) is 2. The van der Waals surface area contributed by atoms with E-state index in [9.17, 15) is 9.59 Å². The first-order chi connectivity index (χ1) is 12.1. The number of ether oxygens (including phenoxy) is 1. The standard InChI is InChI=1S/C20H28N2O3/c1-2-25-12-11-20(9-5-6-10-20)19(24)21-14-15-13-18(23)22-17-8-4-3-7-16(15)17/h3-4,7-8,15H,2,5-6,9-14H2,1H3,(H,21,24)(H,22,23)/t15-/m0/s1. The average Bonchev–Trinajstić information content (AvgIpc) is 3.09. The second kappa shape index (κ2) is 8.00. The lowest BCUT2D eigenvalue weighted by atomic mass is 9.81. The van der Waals surface area contributed by atoms with Crippen LogP contribution in [0.5, 0.6) is 0 Å². The Bertz CT molecular complexity index is 623. The molecule has 2 N–H and O–H groups in total. The minimum atomic E-state index is -0.286. The molecule has 1 fully saturated rings. The summed E-state index contributed by atoms with van der Waals surface area (Å²) in [5, 5.41) is 6.06. The van der Waals surface area contributed by atoms with Crippen LogP contribution in [0.3, 0.4) is 0 Å². The molecular formula is C20H28N2O3. The van der Waals surface area contributed by atoms with Gasteiger partial charge in [0.2, 0.25) is 11.8 Å². The number of para-hydroxylation sites is 1. The van der Waals surface area contributed by atoms with Crippen LogP contribution in [0, 0.1) is 5.41 Å². The molecule has 2 aliphatic rings. The molecule has 5 heteroatoms. The number of hydrogen-bond acceptors (Lipinski definition) is 3. The van der Waals surface area contributed by atoms with Gasteiger partial charge in [0.15, 0.2) is 0 Å². The van der Waals surface area contributed by atoms with Crippen molar-refractivity contribution in [2.75, 3.05) is 25.1 Å². The maximum absolute atomic E-state index is 12.9. The summed E-state index contributed by atoms with van der Waals surface area (Å²) in [6.07, 6.45) is 5.29. The molecule has 0 unspecified atom stereocenters. The summed E-state index contributed by atoms with van der Waals surface area (Å²) in [7, 11) is 0. The van der Waals surface area contributed by atoms with Crippen LogP contribution in [-0.4, -0.2) is 31.6 Å². The molecular weight excluding hydrogens is 316 g/mol. The average molecular weight is 344 g/mol. The molecule has 0 spiro atoms. The Morgan fingerprint density at radius 1 is 1.32 bits per heavy atom. The van der Waals surface area contributed by atoms with E-state index in [1.165, 1.54) is 0 Å². The quantitative estimate of drug-likeness (QED) is 0.746. The van der Waals surface area contributed by atoms with E-state index < -0.39 is 0 Å². The number of fused-ring (bicyclic) bond motifs is 1. The van der Waals surface area contributed by atoms with Crippen molar-refractivity contribution in [2.45, 2.75) is 51.4 Å². The highest BCUT2D eigenvalue weighted by Crippen LogP contribution is 2.41. The zero-order valence-electron chi connectivity index (χ0n) is 15.0. The lowest BCUT2D eigenvalue weighted by Gasteiger charge is -2.30. The third-order valence-corrected chi connectivity index (χ3v) is 5.59. The van der Waals surface area contributed by atoms with Gasteiger partial charge in [0.25, 0.3) is 0 Å². The Balaban J connectivity index is 1.64. The fraction of sp³-hybridized carbons (Fsp3) is 0.600. The highest BCUT2D eigenvalue weighted by atomic mass is 16.5. The zero-order valence-corrected chi connectivity index (χ0v) is 15.0. The van der Waals surface area contributed by atoms with Crippen molar-refractivity contribution in [1.29, 1.82) is 0 Å². The second-order valence-electron chi connectivity index (χ2n) is 7.18. The highest BCUT2D eigenvalue weighted by molar-refractivity contribution is 5.94. The van der Waals surface area contributed by atoms with Gasteiger partial charge in [0.05, 0.1) is 5.41 Å². The third-order valence-electron chi connectivity index (χ3n) is 5.59. The van der Waals surface area contributed by atoms with Gasteiger partial charge in [-0.3, -0.25) is 9.59 Å². The van der Waals surface area contributed by atoms with E-state index in [0.717, 1.165) is 43.4 Å². The number of carbonyl (C=O) groups is 2. The molecule has 1 heterocycles. The molecule has 1 aliphatic carbocycles. The maximum Gasteiger partial charge on any atom is 0.226 e. The normalized spacial score (nSPS) is 21.5. The first kappa shape index (κ1) is 17.9. The minimum absolute atomic E-state index is 0.0184. The molecule has 2 amide bonds. The molecule has 0 aromatic heterocycles. The summed E-state index contributed by atoms with van der Waals surface area (Å²) in [4.78, 5) is 24.9. The van der Waals surface area contributed by atoms with Crippen LogP contribution in [-0.2, 0) is 14.3 Å². The summed E-state index contributed by atoms with van der Waals surface area (Å²) in [5.41, 5.74) is 1.69. The van der Waals surface area contributed by atoms with E-state index in [0.29, 0.717) is 26.2 Å². The van der Waals surface area contributed by atoms with Crippen LogP contribution in [0.2, 0.25) is 0 Å². The largest absolute Gasteiger partial charge is 0.382 e. The molecule has 0 bridgehead atoms. The predicted molar refractivity (Wildman–Crippen MR) is 97.5 cm³/mol. The number of amides is 2. The van der Waals surface area contributed by atoms with E-state index in [1.54, 1.807) is 0 Å². The Morgan fingerprint density at radius 2 is 2.08 bits per heavy atom. The first-order valence-electron chi connectivity index (χ1n) is 9.39. The van der Waals surface area contributed by atoms with E-state index in [-0.39, 0.29) is 23.1 Å². The number of rotatable bonds is 7. The highest BCUT2D eigenvalue weighted by Gasteiger charge is 2.41. The van der Waals surface area contributed by atoms with Gasteiger partial charge < -0.3 is 15.4 Å². The summed E-state index contributed by atoms with van der Waals surface area (Å²) in [5.74, 6) is 0.192. The smallest absolute Gasteiger partial charge is 0.226 e. The van der Waals surface area contributed by atoms with Gasteiger partial charge in [0, 0.05) is 37.8 Å². The maximum atomic E-state index is 12.9. The molecule has 0 radical (unpaired) electrons. The Morgan fingerprint density at radius 3 is 2.84 bits per heavy atom. The third kappa shape index (κ3) is 4.03. The number of anilines is 1. The molecule has 136 valence electrons. The number of hydrogen-bond donors (Lipinski definition) is 2. The molecule has 25 heavy (non-hydrogen) atoms. The first-order valence-corrected chi connectivity index (χ1v) is 9.39. The number of benzene rings is 1. The fourth-order valence-electron chi connectivity index (χ4n) is 4.14. The van der Waals surface area contributed by atoms with Gasteiger partial charge in [-0.05, 0) is 37.8 Å². The molecule has 3 rings (SSSR count). The zero-order chi connectivity index (χ0) is 17.7. The van der Waals surface area contributed by atoms with Gasteiger partial charge in [-0.25, -0.2) is 0 Å². The summed E-state index contributed by atoms with van der Waals surface area (Å²) in [6.45, 7) is 3.82. The summed E-state index contributed by atoms with van der Waals surface area (Å²) >= 11 is 0. The molecule has 1 saturated carbocycles. The topological polar surface area (TPSA) is 67.4 Å². The van der Waals surface area contributed by atoms with E-state index in [4.69, 9.17) is 4.74 Å². The van der Waals surface area contributed by atoms with Crippen molar-refractivity contribution < 1.29 is 14.3 Å². The van der Waals surface area contributed by atoms with Crippen LogP contribution in [0.1, 0.15) is 56.9 Å². The van der Waals surface area contributed by atoms with Gasteiger partial charge in [-0.1, -0.05) is 31.0 Å². The van der Waals surface area contributed by atoms with Crippen molar-refractivity contribution in [1.82, 2.24) is 5.32 Å². The molecule has 5 nitrogen and oxygen atoms in total. The van der Waals surface area contributed by atoms with Gasteiger partial charge in [0.1, 0.15) is 0 Å². The van der Waals surface area contributed by atoms with E-state index >= 15 is 0 Å². The summed E-state index contributed by atoms with van der Waals surface area (Å²) < 4.78 is 5.49. The number of carbonyl (C=O) groups excluding carboxylic acids is 2. The van der Waals surface area contributed by atoms with Crippen molar-refractivity contribution in [3.05, 3.63) is 29.8 Å². The van der Waals surface area contributed by atoms with Gasteiger partial charge >= 0.3 is 0 Å². The minimum Gasteiger partial charge on any atom is -0.382 e. The van der Waals surface area contributed by atoms with Crippen LogP contribution in [0.25, 0.3) is 0 Å². The Hall–Kier alpha value is -1.88. The lowest BCUT2D eigenvalue weighted by Crippen LogP contribution is -2.42. The fourth-order valence-corrected chi connectivity index (χ4v) is 4.14. The van der Waals surface area contributed by atoms with Gasteiger partial charge in [-0.2, -0.15) is 0 Å². The predicted octanol–water partition coefficient (Wildman–Crippen LogP) is 3.22. The molecule has 1 aliphatic heterocycles. The molecule has 1 aromatic carbocycles. The van der Waals surface area contributed by atoms with Crippen molar-refractivity contribution in [3.8, 4) is 0 Å². The lowest BCUT2D eigenvalue weighted by molar-refractivity contribution is -0.132. The van der Waals surface area contributed by atoms with Crippen LogP contribution >= 0.6 is 0 Å². The van der Waals surface area contributed by atoms with Crippen molar-refractivity contribution in [3.63, 3.8) is 0 Å². The monoisotopic (exact) mass is 344 g/mol. The second-order valence-corrected chi connectivity index (χ2v) is 7.18. The van der Waals surface area contributed by atoms with Crippen molar-refractivity contribution >= 4 is 17.5 Å². The van der Waals surface area contributed by atoms with Gasteiger partial charge in [-0.15, -0.1) is 0 Å². The van der Waals surface area contributed by atoms with Crippen LogP contribution < -0.4 is 10.6 Å². The molecule has 1 aromatic rings. The summed E-state index contributed by atoms with van der Waals surface area (Å²) in [6, 6.07) is 7.85. The van der Waals surface area contributed by atoms with E-state index in [1.807, 2.05) is 31.2 Å². The SMILES string of the molecule is CCOCCC1(C(=O)NC[C@@H]2CC(=O)Nc3ccccc32)CCCC1.